The molecule has 0 unspecified atom stereocenters. The fourth-order valence-electron chi connectivity index (χ4n) is 4.55. The van der Waals surface area contributed by atoms with Crippen LogP contribution in [0.4, 0.5) is 0 Å². The van der Waals surface area contributed by atoms with E-state index in [2.05, 4.69) is 5.32 Å². The van der Waals surface area contributed by atoms with E-state index in [1.54, 1.807) is 19.1 Å². The maximum atomic E-state index is 13.3. The Balaban J connectivity index is 1.49. The van der Waals surface area contributed by atoms with Crippen molar-refractivity contribution in [1.29, 1.82) is 0 Å². The molecule has 0 bridgehead atoms. The molecule has 1 atom stereocenters. The normalized spacial score (nSPS) is 17.9. The highest BCUT2D eigenvalue weighted by Crippen LogP contribution is 2.30. The van der Waals surface area contributed by atoms with Gasteiger partial charge in [0.05, 0.1) is 5.56 Å². The van der Waals surface area contributed by atoms with Crippen LogP contribution in [0, 0.1) is 0 Å². The number of carbonyl (C=O) groups excluding carboxylic acids is 3. The Morgan fingerprint density at radius 1 is 1.06 bits per heavy atom. The summed E-state index contributed by atoms with van der Waals surface area (Å²) >= 11 is 0. The molecule has 1 fully saturated rings. The first-order chi connectivity index (χ1) is 16.3. The van der Waals surface area contributed by atoms with Gasteiger partial charge in [-0.3, -0.25) is 14.4 Å². The summed E-state index contributed by atoms with van der Waals surface area (Å²) in [5.74, 6) is -1.25. The molecule has 0 spiro atoms. The minimum atomic E-state index is -3.99. The first kappa shape index (κ1) is 23.9. The Hall–Kier alpha value is -3.20. The summed E-state index contributed by atoms with van der Waals surface area (Å²) in [5.41, 5.74) is 0.967. The predicted molar refractivity (Wildman–Crippen MR) is 126 cm³/mol. The lowest BCUT2D eigenvalue weighted by molar-refractivity contribution is -0.140. The molecule has 0 saturated heterocycles. The highest BCUT2D eigenvalue weighted by molar-refractivity contribution is 7.90. The van der Waals surface area contributed by atoms with E-state index < -0.39 is 27.9 Å². The van der Waals surface area contributed by atoms with Gasteiger partial charge in [0.2, 0.25) is 11.8 Å². The molecule has 1 saturated carbocycles. The molecule has 2 aromatic carbocycles. The molecule has 1 N–H and O–H groups in total. The molecule has 8 nitrogen and oxygen atoms in total. The minimum Gasteiger partial charge on any atom is -0.352 e. The zero-order chi connectivity index (χ0) is 24.3. The SMILES string of the molecule is C[C@H](C(=O)NC1CCCC1)N(Cc1ccccc1)C(=O)CCN1C(=O)c2ccccc2S1(=O)=O. The molecule has 1 aliphatic carbocycles. The van der Waals surface area contributed by atoms with E-state index in [-0.39, 0.29) is 41.9 Å². The van der Waals surface area contributed by atoms with Gasteiger partial charge in [0.15, 0.2) is 0 Å². The van der Waals surface area contributed by atoms with E-state index in [1.165, 1.54) is 17.0 Å². The third-order valence-corrected chi connectivity index (χ3v) is 8.35. The Morgan fingerprint density at radius 2 is 1.71 bits per heavy atom. The molecule has 3 amide bonds. The summed E-state index contributed by atoms with van der Waals surface area (Å²) in [6.45, 7) is 1.61. The quantitative estimate of drug-likeness (QED) is 0.622. The molecule has 1 heterocycles. The summed E-state index contributed by atoms with van der Waals surface area (Å²) in [5, 5.41) is 3.04. The number of hydrogen-bond donors (Lipinski definition) is 1. The van der Waals surface area contributed by atoms with Crippen LogP contribution >= 0.6 is 0 Å². The van der Waals surface area contributed by atoms with E-state index >= 15 is 0 Å². The summed E-state index contributed by atoms with van der Waals surface area (Å²) in [6.07, 6.45) is 3.80. The van der Waals surface area contributed by atoms with Gasteiger partial charge in [0.1, 0.15) is 10.9 Å². The number of carbonyl (C=O) groups is 3. The monoisotopic (exact) mass is 483 g/mol. The molecule has 34 heavy (non-hydrogen) atoms. The zero-order valence-corrected chi connectivity index (χ0v) is 20.0. The first-order valence-electron chi connectivity index (χ1n) is 11.6. The van der Waals surface area contributed by atoms with E-state index in [0.29, 0.717) is 0 Å². The van der Waals surface area contributed by atoms with Gasteiger partial charge in [0.25, 0.3) is 15.9 Å². The number of amides is 3. The molecule has 0 aromatic heterocycles. The summed E-state index contributed by atoms with van der Waals surface area (Å²) < 4.78 is 26.4. The summed E-state index contributed by atoms with van der Waals surface area (Å²) in [4.78, 5) is 40.3. The number of rotatable bonds is 8. The molecular formula is C25H29N3O5S. The van der Waals surface area contributed by atoms with Gasteiger partial charge in [0, 0.05) is 25.6 Å². The molecule has 4 rings (SSSR count). The van der Waals surface area contributed by atoms with Gasteiger partial charge in [-0.2, -0.15) is 0 Å². The van der Waals surface area contributed by atoms with E-state index in [0.717, 1.165) is 35.6 Å². The Morgan fingerprint density at radius 3 is 2.38 bits per heavy atom. The minimum absolute atomic E-state index is 0.0436. The standard InChI is InChI=1S/C25H29N3O5S/c1-18(24(30)26-20-11-5-6-12-20)27(17-19-9-3-2-4-10-19)23(29)15-16-28-25(31)21-13-7-8-14-22(21)34(28,32)33/h2-4,7-10,13-14,18,20H,5-6,11-12,15-17H2,1H3,(H,26,30)/t18-/m1/s1. The van der Waals surface area contributed by atoms with Crippen molar-refractivity contribution in [3.8, 4) is 0 Å². The van der Waals surface area contributed by atoms with Gasteiger partial charge in [-0.05, 0) is 37.5 Å². The van der Waals surface area contributed by atoms with Crippen LogP contribution < -0.4 is 5.32 Å². The topological polar surface area (TPSA) is 104 Å². The predicted octanol–water partition coefficient (Wildman–Crippen LogP) is 2.70. The molecule has 1 aliphatic heterocycles. The molecule has 180 valence electrons. The number of sulfonamides is 1. The molecule has 2 aliphatic rings. The van der Waals surface area contributed by atoms with E-state index in [4.69, 9.17) is 0 Å². The van der Waals surface area contributed by atoms with E-state index in [1.807, 2.05) is 30.3 Å². The Bertz CT molecular complexity index is 1180. The number of nitrogens with zero attached hydrogens (tertiary/aromatic N) is 2. The number of fused-ring (bicyclic) bond motifs is 1. The summed E-state index contributed by atoms with van der Waals surface area (Å²) in [7, 11) is -3.99. The maximum Gasteiger partial charge on any atom is 0.269 e. The average molecular weight is 484 g/mol. The van der Waals surface area contributed by atoms with Crippen molar-refractivity contribution in [3.63, 3.8) is 0 Å². The van der Waals surface area contributed by atoms with E-state index in [9.17, 15) is 22.8 Å². The maximum absolute atomic E-state index is 13.3. The molecule has 2 aromatic rings. The molecule has 0 radical (unpaired) electrons. The second-order valence-electron chi connectivity index (χ2n) is 8.80. The van der Waals surface area contributed by atoms with Crippen LogP contribution in [0.15, 0.2) is 59.5 Å². The van der Waals surface area contributed by atoms with Gasteiger partial charge in [-0.1, -0.05) is 55.3 Å². The Labute approximate surface area is 200 Å². The largest absolute Gasteiger partial charge is 0.352 e. The fourth-order valence-corrected chi connectivity index (χ4v) is 6.12. The third kappa shape index (κ3) is 4.84. The second kappa shape index (κ2) is 9.97. The van der Waals surface area contributed by atoms with Crippen molar-refractivity contribution < 1.29 is 22.8 Å². The van der Waals surface area contributed by atoms with Crippen LogP contribution in [-0.4, -0.2) is 54.0 Å². The van der Waals surface area contributed by atoms with Crippen LogP contribution in [0.1, 0.15) is 54.9 Å². The first-order valence-corrected chi connectivity index (χ1v) is 13.0. The van der Waals surface area contributed by atoms with Crippen molar-refractivity contribution in [2.24, 2.45) is 0 Å². The highest BCUT2D eigenvalue weighted by Gasteiger charge is 2.41. The van der Waals surface area contributed by atoms with Crippen molar-refractivity contribution >= 4 is 27.7 Å². The lowest BCUT2D eigenvalue weighted by Crippen LogP contribution is -2.50. The highest BCUT2D eigenvalue weighted by atomic mass is 32.2. The van der Waals surface area contributed by atoms with Crippen LogP contribution in [-0.2, 0) is 26.2 Å². The van der Waals surface area contributed by atoms with Crippen LogP contribution in [0.25, 0.3) is 0 Å². The van der Waals surface area contributed by atoms with Gasteiger partial charge in [-0.15, -0.1) is 0 Å². The number of benzene rings is 2. The summed E-state index contributed by atoms with van der Waals surface area (Å²) in [6, 6.07) is 14.7. The van der Waals surface area contributed by atoms with Gasteiger partial charge < -0.3 is 10.2 Å². The lowest BCUT2D eigenvalue weighted by atomic mass is 10.1. The van der Waals surface area contributed by atoms with Crippen molar-refractivity contribution in [2.75, 3.05) is 6.54 Å². The smallest absolute Gasteiger partial charge is 0.269 e. The van der Waals surface area contributed by atoms with Gasteiger partial charge in [-0.25, -0.2) is 12.7 Å². The van der Waals surface area contributed by atoms with Crippen molar-refractivity contribution in [2.45, 2.75) is 62.6 Å². The lowest BCUT2D eigenvalue weighted by Gasteiger charge is -2.30. The number of nitrogens with one attached hydrogen (secondary N) is 1. The van der Waals surface area contributed by atoms with Crippen molar-refractivity contribution in [1.82, 2.24) is 14.5 Å². The fraction of sp³-hybridized carbons (Fsp3) is 0.400. The molecular weight excluding hydrogens is 454 g/mol. The molecule has 9 heteroatoms. The van der Waals surface area contributed by atoms with Gasteiger partial charge >= 0.3 is 0 Å². The Kier molecular flexibility index (Phi) is 7.02. The zero-order valence-electron chi connectivity index (χ0n) is 19.1. The van der Waals surface area contributed by atoms with Crippen molar-refractivity contribution in [3.05, 3.63) is 65.7 Å². The second-order valence-corrected chi connectivity index (χ2v) is 10.6. The van der Waals surface area contributed by atoms with Crippen LogP contribution in [0.3, 0.4) is 0 Å². The number of hydrogen-bond acceptors (Lipinski definition) is 5. The van der Waals surface area contributed by atoms with Crippen LogP contribution in [0.5, 0.6) is 0 Å². The average Bonchev–Trinajstić information content (AvgIpc) is 3.41. The van der Waals surface area contributed by atoms with Crippen LogP contribution in [0.2, 0.25) is 0 Å². The third-order valence-electron chi connectivity index (χ3n) is 6.51.